The molecule has 0 radical (unpaired) electrons. The molecule has 1 atom stereocenters. The number of ether oxygens (including phenoxy) is 3. The van der Waals surface area contributed by atoms with Crippen LogP contribution in [0.25, 0.3) is 11.3 Å². The van der Waals surface area contributed by atoms with Gasteiger partial charge in [0.1, 0.15) is 12.4 Å². The van der Waals surface area contributed by atoms with Gasteiger partial charge in [0.2, 0.25) is 0 Å². The summed E-state index contributed by atoms with van der Waals surface area (Å²) in [6, 6.07) is 20.7. The van der Waals surface area contributed by atoms with Gasteiger partial charge in [0.15, 0.2) is 6.10 Å². The molecular formula is C27H33NO4. The Labute approximate surface area is 190 Å². The predicted octanol–water partition coefficient (Wildman–Crippen LogP) is 5.36. The van der Waals surface area contributed by atoms with Crippen molar-refractivity contribution >= 4 is 5.97 Å². The molecule has 0 aliphatic carbocycles. The smallest absolute Gasteiger partial charge is 0.335 e. The fourth-order valence-corrected chi connectivity index (χ4v) is 3.68. The topological polar surface area (TPSA) is 49.7 Å². The summed E-state index contributed by atoms with van der Waals surface area (Å²) in [6.07, 6.45) is -0.0984. The summed E-state index contributed by atoms with van der Waals surface area (Å²) < 4.78 is 18.9. The molecule has 5 nitrogen and oxygen atoms in total. The van der Waals surface area contributed by atoms with Gasteiger partial charge >= 0.3 is 5.97 Å². The van der Waals surface area contributed by atoms with E-state index in [9.17, 15) is 4.79 Å². The monoisotopic (exact) mass is 435 g/mol. The second-order valence-corrected chi connectivity index (χ2v) is 7.77. The number of hydrogen-bond donors (Lipinski definition) is 0. The maximum atomic E-state index is 12.1. The van der Waals surface area contributed by atoms with Gasteiger partial charge in [-0.05, 0) is 63.1 Å². The van der Waals surface area contributed by atoms with Crippen molar-refractivity contribution in [1.82, 2.24) is 4.57 Å². The molecule has 32 heavy (non-hydrogen) atoms. The first-order valence-electron chi connectivity index (χ1n) is 11.2. The number of nitrogens with zero attached hydrogens (tertiary/aromatic N) is 1. The van der Waals surface area contributed by atoms with E-state index in [1.54, 1.807) is 6.92 Å². The van der Waals surface area contributed by atoms with Crippen molar-refractivity contribution in [2.24, 2.45) is 0 Å². The van der Waals surface area contributed by atoms with Crippen molar-refractivity contribution in [3.8, 4) is 17.0 Å². The minimum absolute atomic E-state index is 0.318. The summed E-state index contributed by atoms with van der Waals surface area (Å²) in [6.45, 7) is 10.0. The molecule has 0 spiro atoms. The molecule has 3 rings (SSSR count). The van der Waals surface area contributed by atoms with Gasteiger partial charge in [0, 0.05) is 24.4 Å². The van der Waals surface area contributed by atoms with E-state index in [2.05, 4.69) is 54.8 Å². The molecule has 0 aliphatic rings. The summed E-state index contributed by atoms with van der Waals surface area (Å²) >= 11 is 0. The maximum Gasteiger partial charge on any atom is 0.335 e. The Kier molecular flexibility index (Phi) is 8.51. The first kappa shape index (κ1) is 23.6. The number of carbonyl (C=O) groups is 1. The lowest BCUT2D eigenvalue weighted by atomic mass is 10.1. The van der Waals surface area contributed by atoms with Gasteiger partial charge in [0.05, 0.1) is 13.2 Å². The Morgan fingerprint density at radius 3 is 2.28 bits per heavy atom. The Morgan fingerprint density at radius 1 is 0.906 bits per heavy atom. The van der Waals surface area contributed by atoms with Crippen LogP contribution in [0, 0.1) is 13.8 Å². The first-order chi connectivity index (χ1) is 15.5. The summed E-state index contributed by atoms with van der Waals surface area (Å²) in [4.78, 5) is 12.1. The van der Waals surface area contributed by atoms with E-state index in [0.717, 1.165) is 17.9 Å². The van der Waals surface area contributed by atoms with E-state index in [1.165, 1.54) is 22.5 Å². The van der Waals surface area contributed by atoms with Gasteiger partial charge in [-0.2, -0.15) is 0 Å². The number of aromatic nitrogens is 1. The van der Waals surface area contributed by atoms with Crippen molar-refractivity contribution in [1.29, 1.82) is 0 Å². The van der Waals surface area contributed by atoms with E-state index < -0.39 is 6.10 Å². The second kappa shape index (κ2) is 11.5. The fourth-order valence-electron chi connectivity index (χ4n) is 3.68. The van der Waals surface area contributed by atoms with Gasteiger partial charge in [0.25, 0.3) is 0 Å². The molecule has 0 bridgehead atoms. The van der Waals surface area contributed by atoms with Crippen LogP contribution in [0.1, 0.15) is 30.7 Å². The Balaban J connectivity index is 1.58. The molecule has 1 unspecified atom stereocenters. The molecule has 0 fully saturated rings. The van der Waals surface area contributed by atoms with Gasteiger partial charge < -0.3 is 18.8 Å². The van der Waals surface area contributed by atoms with Crippen molar-refractivity contribution < 1.29 is 19.0 Å². The maximum absolute atomic E-state index is 12.1. The van der Waals surface area contributed by atoms with E-state index in [1.807, 2.05) is 31.2 Å². The Bertz CT molecular complexity index is 990. The largest absolute Gasteiger partial charge is 0.492 e. The van der Waals surface area contributed by atoms with E-state index in [4.69, 9.17) is 14.2 Å². The summed E-state index contributed by atoms with van der Waals surface area (Å²) in [5.41, 5.74) is 5.87. The summed E-state index contributed by atoms with van der Waals surface area (Å²) in [5, 5.41) is 0. The number of carbonyl (C=O) groups excluding carboxylic acids is 1. The van der Waals surface area contributed by atoms with Crippen LogP contribution >= 0.6 is 0 Å². The van der Waals surface area contributed by atoms with Crippen molar-refractivity contribution in [3.63, 3.8) is 0 Å². The lowest BCUT2D eigenvalue weighted by molar-refractivity contribution is -0.156. The molecule has 0 aliphatic heterocycles. The number of rotatable bonds is 11. The van der Waals surface area contributed by atoms with Crippen LogP contribution in [0.2, 0.25) is 0 Å². The SMILES string of the molecule is CCOC(=O)C(Cc1ccc(OCCn2c(C)ccc2-c2ccc(C)cc2)cc1)OCC. The third-order valence-electron chi connectivity index (χ3n) is 5.39. The van der Waals surface area contributed by atoms with E-state index in [0.29, 0.717) is 26.2 Å². The highest BCUT2D eigenvalue weighted by Crippen LogP contribution is 2.23. The lowest BCUT2D eigenvalue weighted by Gasteiger charge is -2.16. The molecule has 5 heteroatoms. The second-order valence-electron chi connectivity index (χ2n) is 7.77. The highest BCUT2D eigenvalue weighted by Gasteiger charge is 2.20. The van der Waals surface area contributed by atoms with Crippen molar-refractivity contribution in [2.75, 3.05) is 19.8 Å². The molecule has 0 saturated heterocycles. The van der Waals surface area contributed by atoms with Crippen LogP contribution in [0.5, 0.6) is 5.75 Å². The summed E-state index contributed by atoms with van der Waals surface area (Å²) in [7, 11) is 0. The minimum atomic E-state index is -0.580. The third-order valence-corrected chi connectivity index (χ3v) is 5.39. The zero-order chi connectivity index (χ0) is 22.9. The standard InChI is InChI=1S/C27H33NO4/c1-5-30-26(27(29)31-6-2)19-22-10-14-24(15-11-22)32-18-17-28-21(4)9-16-25(28)23-12-7-20(3)8-13-23/h7-16,26H,5-6,17-19H2,1-4H3. The van der Waals surface area contributed by atoms with Crippen LogP contribution in [0.3, 0.4) is 0 Å². The normalized spacial score (nSPS) is 11.9. The van der Waals surface area contributed by atoms with Crippen molar-refractivity contribution in [3.05, 3.63) is 77.5 Å². The molecule has 0 amide bonds. The third kappa shape index (κ3) is 6.24. The zero-order valence-corrected chi connectivity index (χ0v) is 19.5. The first-order valence-corrected chi connectivity index (χ1v) is 11.2. The average molecular weight is 436 g/mol. The highest BCUT2D eigenvalue weighted by atomic mass is 16.6. The minimum Gasteiger partial charge on any atom is -0.492 e. The van der Waals surface area contributed by atoms with E-state index >= 15 is 0 Å². The Morgan fingerprint density at radius 2 is 1.62 bits per heavy atom. The van der Waals surface area contributed by atoms with Crippen LogP contribution in [-0.2, 0) is 27.2 Å². The van der Waals surface area contributed by atoms with Crippen LogP contribution in [0.15, 0.2) is 60.7 Å². The van der Waals surface area contributed by atoms with Crippen LogP contribution in [-0.4, -0.2) is 36.5 Å². The summed E-state index contributed by atoms with van der Waals surface area (Å²) in [5.74, 6) is 0.487. The molecule has 3 aromatic rings. The van der Waals surface area contributed by atoms with Crippen molar-refractivity contribution in [2.45, 2.75) is 46.8 Å². The highest BCUT2D eigenvalue weighted by molar-refractivity contribution is 5.75. The van der Waals surface area contributed by atoms with Gasteiger partial charge in [-0.3, -0.25) is 0 Å². The van der Waals surface area contributed by atoms with Crippen LogP contribution < -0.4 is 4.74 Å². The van der Waals surface area contributed by atoms with Gasteiger partial charge in [-0.25, -0.2) is 4.79 Å². The number of aryl methyl sites for hydroxylation is 2. The van der Waals surface area contributed by atoms with Gasteiger partial charge in [-0.1, -0.05) is 42.0 Å². The Hall–Kier alpha value is -3.05. The predicted molar refractivity (Wildman–Crippen MR) is 127 cm³/mol. The van der Waals surface area contributed by atoms with E-state index in [-0.39, 0.29) is 5.97 Å². The van der Waals surface area contributed by atoms with Gasteiger partial charge in [-0.15, -0.1) is 0 Å². The molecule has 1 aromatic heterocycles. The number of hydrogen-bond acceptors (Lipinski definition) is 4. The molecule has 170 valence electrons. The molecule has 2 aromatic carbocycles. The quantitative estimate of drug-likeness (QED) is 0.380. The number of esters is 1. The fraction of sp³-hybridized carbons (Fsp3) is 0.370. The van der Waals surface area contributed by atoms with Crippen LogP contribution in [0.4, 0.5) is 0 Å². The lowest BCUT2D eigenvalue weighted by Crippen LogP contribution is -2.28. The zero-order valence-electron chi connectivity index (χ0n) is 19.5. The molecule has 0 N–H and O–H groups in total. The average Bonchev–Trinajstić information content (AvgIpc) is 3.15. The molecular weight excluding hydrogens is 402 g/mol. The molecule has 0 saturated carbocycles. The molecule has 1 heterocycles. The number of benzene rings is 2.